The number of halogens is 6. The molecule has 2 aromatic carbocycles. The van der Waals surface area contributed by atoms with E-state index in [4.69, 9.17) is 27.9 Å². The summed E-state index contributed by atoms with van der Waals surface area (Å²) in [6, 6.07) is 9.28. The Bertz CT molecular complexity index is 1130. The van der Waals surface area contributed by atoms with E-state index < -0.39 is 11.7 Å². The van der Waals surface area contributed by atoms with Gasteiger partial charge in [-0.25, -0.2) is 0 Å². The molecule has 1 N–H and O–H groups in total. The van der Waals surface area contributed by atoms with Gasteiger partial charge in [0.1, 0.15) is 11.9 Å². The van der Waals surface area contributed by atoms with Crippen molar-refractivity contribution in [3.63, 3.8) is 0 Å². The molecule has 2 heterocycles. The fraction of sp³-hybridized carbons (Fsp3) is 0.304. The highest BCUT2D eigenvalue weighted by Gasteiger charge is 2.35. The maximum Gasteiger partial charge on any atom is 0.419 e. The first-order valence-electron chi connectivity index (χ1n) is 10.4. The Morgan fingerprint density at radius 3 is 2.49 bits per heavy atom. The highest BCUT2D eigenvalue weighted by Crippen LogP contribution is 2.48. The molecule has 0 amide bonds. The van der Waals surface area contributed by atoms with Crippen LogP contribution in [0.1, 0.15) is 12.0 Å². The van der Waals surface area contributed by atoms with Crippen molar-refractivity contribution >= 4 is 80.3 Å². The molecule has 1 saturated heterocycles. The molecule has 2 unspecified atom stereocenters. The molecule has 2 aliphatic heterocycles. The number of likely N-dealkylation sites (N-methyl/N-ethyl adjacent to an activating group) is 1. The number of hydrogen-bond donors (Lipinski definition) is 1. The number of anilines is 1. The van der Waals surface area contributed by atoms with Crippen molar-refractivity contribution in [2.45, 2.75) is 28.4 Å². The third-order valence-electron chi connectivity index (χ3n) is 5.04. The average Bonchev–Trinajstić information content (AvgIpc) is 3.15. The lowest BCUT2D eigenvalue weighted by atomic mass is 10.1. The van der Waals surface area contributed by atoms with Gasteiger partial charge in [0.2, 0.25) is 0 Å². The Labute approximate surface area is 233 Å². The number of rotatable bonds is 7. The van der Waals surface area contributed by atoms with Crippen LogP contribution in [0.15, 0.2) is 61.9 Å². The molecule has 35 heavy (non-hydrogen) atoms. The first-order valence-corrected chi connectivity index (χ1v) is 14.6. The van der Waals surface area contributed by atoms with E-state index in [9.17, 15) is 13.2 Å². The zero-order chi connectivity index (χ0) is 25.2. The molecule has 3 nitrogen and oxygen atoms in total. The van der Waals surface area contributed by atoms with E-state index in [2.05, 4.69) is 26.7 Å². The number of nitrogens with zero attached hydrogens (tertiary/aromatic N) is 1. The predicted octanol–water partition coefficient (Wildman–Crippen LogP) is 9.14. The number of nitrogens with one attached hydrogen (secondary N) is 1. The van der Waals surface area contributed by atoms with Crippen molar-refractivity contribution in [3.8, 4) is 5.75 Å². The minimum absolute atomic E-state index is 0.0102. The number of ether oxygens (including phenoxy) is 1. The van der Waals surface area contributed by atoms with Crippen molar-refractivity contribution in [3.05, 3.63) is 72.6 Å². The predicted molar refractivity (Wildman–Crippen MR) is 148 cm³/mol. The second kappa shape index (κ2) is 11.8. The molecular formula is C23H20BrCl2F3N2OS3. The van der Waals surface area contributed by atoms with E-state index in [1.807, 2.05) is 30.2 Å². The normalized spacial score (nSPS) is 21.0. The summed E-state index contributed by atoms with van der Waals surface area (Å²) in [5.41, 5.74) is -0.237. The number of allylic oxidation sites excluding steroid dienone is 2. The molecule has 188 valence electrons. The molecule has 1 fully saturated rings. The molecule has 0 saturated carbocycles. The molecule has 12 heteroatoms. The first-order chi connectivity index (χ1) is 16.5. The van der Waals surface area contributed by atoms with E-state index in [-0.39, 0.29) is 16.7 Å². The lowest BCUT2D eigenvalue weighted by Crippen LogP contribution is -2.22. The highest BCUT2D eigenvalue weighted by molar-refractivity contribution is 9.09. The Morgan fingerprint density at radius 1 is 1.11 bits per heavy atom. The van der Waals surface area contributed by atoms with Gasteiger partial charge >= 0.3 is 6.18 Å². The van der Waals surface area contributed by atoms with Gasteiger partial charge in [0.05, 0.1) is 14.6 Å². The number of likely N-dealkylation sites (tertiary alicyclic amines) is 1. The molecule has 0 bridgehead atoms. The average molecular weight is 644 g/mol. The molecule has 0 spiro atoms. The van der Waals surface area contributed by atoms with E-state index >= 15 is 0 Å². The van der Waals surface area contributed by atoms with Gasteiger partial charge in [-0.05, 0) is 67.9 Å². The molecule has 0 radical (unpaired) electrons. The van der Waals surface area contributed by atoms with Gasteiger partial charge < -0.3 is 14.4 Å². The van der Waals surface area contributed by atoms with Crippen LogP contribution in [-0.2, 0) is 6.18 Å². The maximum absolute atomic E-state index is 13.6. The Hall–Kier alpha value is -0.620. The van der Waals surface area contributed by atoms with E-state index in [1.165, 1.54) is 24.1 Å². The fourth-order valence-corrected chi connectivity index (χ4v) is 8.82. The third-order valence-corrected chi connectivity index (χ3v) is 9.17. The van der Waals surface area contributed by atoms with Crippen LogP contribution in [0.3, 0.4) is 0 Å². The summed E-state index contributed by atoms with van der Waals surface area (Å²) in [6.07, 6.45) is 0.0290. The van der Waals surface area contributed by atoms with Crippen molar-refractivity contribution < 1.29 is 17.9 Å². The summed E-state index contributed by atoms with van der Waals surface area (Å²) >= 11 is 20.3. The van der Waals surface area contributed by atoms with Gasteiger partial charge in [-0.1, -0.05) is 62.7 Å². The van der Waals surface area contributed by atoms with Crippen molar-refractivity contribution in [2.75, 3.05) is 24.9 Å². The number of benzene rings is 2. The fourth-order valence-electron chi connectivity index (χ4n) is 3.49. The molecular weight excluding hydrogens is 624 g/mol. The lowest BCUT2D eigenvalue weighted by Gasteiger charge is -2.20. The van der Waals surface area contributed by atoms with Gasteiger partial charge in [0.25, 0.3) is 0 Å². The van der Waals surface area contributed by atoms with Gasteiger partial charge in [0.15, 0.2) is 0 Å². The largest absolute Gasteiger partial charge is 0.488 e. The monoisotopic (exact) mass is 642 g/mol. The SMILES string of the molecule is CN1CCC(Oc2cc(NSC3=CC(Br)C=C(Sc4cc(Cl)cc(Cl)c4)S3)ccc2C(F)(F)F)C1. The van der Waals surface area contributed by atoms with Crippen LogP contribution in [-0.4, -0.2) is 36.0 Å². The topological polar surface area (TPSA) is 24.5 Å². The summed E-state index contributed by atoms with van der Waals surface area (Å²) in [7, 11) is 1.93. The van der Waals surface area contributed by atoms with E-state index in [1.54, 1.807) is 29.6 Å². The summed E-state index contributed by atoms with van der Waals surface area (Å²) in [6.45, 7) is 1.40. The second-order valence-corrected chi connectivity index (χ2v) is 13.4. The number of thioether (sulfide) groups is 2. The van der Waals surface area contributed by atoms with Crippen LogP contribution < -0.4 is 9.46 Å². The third kappa shape index (κ3) is 7.93. The van der Waals surface area contributed by atoms with Crippen molar-refractivity contribution in [2.24, 2.45) is 0 Å². The molecule has 2 aliphatic rings. The molecule has 4 rings (SSSR count). The van der Waals surface area contributed by atoms with Crippen LogP contribution in [0.5, 0.6) is 5.75 Å². The Kier molecular flexibility index (Phi) is 9.27. The zero-order valence-electron chi connectivity index (χ0n) is 18.2. The Morgan fingerprint density at radius 2 is 1.83 bits per heavy atom. The minimum Gasteiger partial charge on any atom is -0.488 e. The standard InChI is InChI=1S/C23H20BrCl2F3N2OS3/c1-31-5-4-17(12-31)32-20-11-16(2-3-19(20)23(27,28)29)30-35-22-7-13(24)6-21(34-22)33-18-9-14(25)8-15(26)10-18/h2-3,6-11,13,17,30H,4-5,12H2,1H3. The second-order valence-electron chi connectivity index (χ2n) is 7.93. The number of hydrogen-bond acceptors (Lipinski definition) is 6. The van der Waals surface area contributed by atoms with Crippen molar-refractivity contribution in [1.29, 1.82) is 0 Å². The van der Waals surface area contributed by atoms with E-state index in [0.29, 0.717) is 28.7 Å². The summed E-state index contributed by atoms with van der Waals surface area (Å²) in [4.78, 5) is 2.97. The number of alkyl halides is 4. The van der Waals surface area contributed by atoms with Gasteiger partial charge in [-0.2, -0.15) is 13.2 Å². The summed E-state index contributed by atoms with van der Waals surface area (Å²) < 4.78 is 51.6. The molecule has 2 atom stereocenters. The van der Waals surface area contributed by atoms with Crippen LogP contribution >= 0.6 is 74.6 Å². The quantitative estimate of drug-likeness (QED) is 0.239. The minimum atomic E-state index is -4.49. The van der Waals surface area contributed by atoms with Crippen LogP contribution in [0.4, 0.5) is 18.9 Å². The van der Waals surface area contributed by atoms with E-state index in [0.717, 1.165) is 26.0 Å². The van der Waals surface area contributed by atoms with Crippen LogP contribution in [0, 0.1) is 0 Å². The molecule has 0 aromatic heterocycles. The smallest absolute Gasteiger partial charge is 0.419 e. The molecule has 2 aromatic rings. The molecule has 0 aliphatic carbocycles. The van der Waals surface area contributed by atoms with Crippen LogP contribution in [0.2, 0.25) is 10.0 Å². The maximum atomic E-state index is 13.6. The van der Waals surface area contributed by atoms with Crippen molar-refractivity contribution in [1.82, 2.24) is 4.90 Å². The van der Waals surface area contributed by atoms with Gasteiger partial charge in [0, 0.05) is 44.0 Å². The summed E-state index contributed by atoms with van der Waals surface area (Å²) in [5.74, 6) is -0.152. The highest BCUT2D eigenvalue weighted by atomic mass is 79.9. The van der Waals surface area contributed by atoms with Gasteiger partial charge in [-0.15, -0.1) is 0 Å². The first kappa shape index (κ1) is 27.4. The van der Waals surface area contributed by atoms with Gasteiger partial charge in [-0.3, -0.25) is 0 Å². The summed E-state index contributed by atoms with van der Waals surface area (Å²) in [5, 5.41) is 1.13. The van der Waals surface area contributed by atoms with Crippen LogP contribution in [0.25, 0.3) is 0 Å². The zero-order valence-corrected chi connectivity index (χ0v) is 23.8. The Balaban J connectivity index is 1.43. The lowest BCUT2D eigenvalue weighted by molar-refractivity contribution is -0.139.